The molecule has 0 amide bonds. The second kappa shape index (κ2) is 7.70. The monoisotopic (exact) mass is 305 g/mol. The number of aryl methyl sites for hydroxylation is 1. The molecular weight excluding hydrogens is 290 g/mol. The number of halogens is 1. The van der Waals surface area contributed by atoms with Crippen LogP contribution in [-0.2, 0) is 0 Å². The fourth-order valence-corrected chi connectivity index (χ4v) is 3.04. The third-order valence-corrected chi connectivity index (χ3v) is 4.50. The molecule has 0 aromatic carbocycles. The van der Waals surface area contributed by atoms with Crippen molar-refractivity contribution >= 4 is 45.9 Å². The van der Waals surface area contributed by atoms with Gasteiger partial charge in [-0.1, -0.05) is 16.3 Å². The molecule has 1 rings (SSSR count). The summed E-state index contributed by atoms with van der Waals surface area (Å²) in [6, 6.07) is 0. The van der Waals surface area contributed by atoms with E-state index in [0.29, 0.717) is 11.7 Å². The molecule has 0 aliphatic heterocycles. The van der Waals surface area contributed by atoms with Crippen molar-refractivity contribution in [3.63, 3.8) is 0 Å². The molecule has 5 nitrogen and oxygen atoms in total. The van der Waals surface area contributed by atoms with Gasteiger partial charge in [-0.3, -0.25) is 10.4 Å². The van der Waals surface area contributed by atoms with Crippen LogP contribution in [0, 0.1) is 12.3 Å². The van der Waals surface area contributed by atoms with Crippen LogP contribution in [0.4, 0.5) is 0 Å². The van der Waals surface area contributed by atoms with Crippen LogP contribution >= 0.6 is 34.9 Å². The Morgan fingerprint density at radius 1 is 1.61 bits per heavy atom. The normalized spacial score (nSPS) is 11.7. The summed E-state index contributed by atoms with van der Waals surface area (Å²) in [5.74, 6) is 1.91. The minimum atomic E-state index is 0.376. The zero-order valence-corrected chi connectivity index (χ0v) is 13.0. The summed E-state index contributed by atoms with van der Waals surface area (Å²) in [4.78, 5) is 6.73. The van der Waals surface area contributed by atoms with Crippen LogP contribution in [0.2, 0.25) is 0 Å². The predicted molar refractivity (Wildman–Crippen MR) is 80.4 cm³/mol. The lowest BCUT2D eigenvalue weighted by atomic mass is 10.3. The summed E-state index contributed by atoms with van der Waals surface area (Å²) in [6.45, 7) is 1.85. The van der Waals surface area contributed by atoms with Crippen LogP contribution in [0.15, 0.2) is 4.99 Å². The number of aromatic nitrogens is 2. The highest BCUT2D eigenvalue weighted by Crippen LogP contribution is 2.16. The molecule has 1 aromatic rings. The average Bonchev–Trinajstić information content (AvgIpc) is 2.79. The Hall–Kier alpha value is -0.660. The van der Waals surface area contributed by atoms with Crippen molar-refractivity contribution in [2.24, 2.45) is 4.99 Å². The average molecular weight is 306 g/mol. The summed E-state index contributed by atoms with van der Waals surface area (Å²) >= 11 is 8.48. The molecule has 1 aromatic heterocycles. The first-order valence-electron chi connectivity index (χ1n) is 5.39. The Bertz CT molecular complexity index is 432. The lowest BCUT2D eigenvalue weighted by Gasteiger charge is -2.20. The third-order valence-electron chi connectivity index (χ3n) is 2.19. The minimum absolute atomic E-state index is 0.376. The summed E-state index contributed by atoms with van der Waals surface area (Å²) in [5, 5.41) is 12.9. The van der Waals surface area contributed by atoms with Gasteiger partial charge in [0.05, 0.1) is 5.69 Å². The number of alkyl halides is 1. The molecule has 0 saturated heterocycles. The van der Waals surface area contributed by atoms with Crippen molar-refractivity contribution in [2.45, 2.75) is 13.3 Å². The van der Waals surface area contributed by atoms with E-state index >= 15 is 0 Å². The van der Waals surface area contributed by atoms with Crippen molar-refractivity contribution in [1.29, 1.82) is 5.41 Å². The zero-order valence-electron chi connectivity index (χ0n) is 10.6. The van der Waals surface area contributed by atoms with E-state index in [1.165, 1.54) is 11.5 Å². The Balaban J connectivity index is 2.70. The summed E-state index contributed by atoms with van der Waals surface area (Å²) in [5.41, 5.74) is 0.776. The number of hydrogen-bond donors (Lipinski definition) is 1. The molecule has 100 valence electrons. The van der Waals surface area contributed by atoms with Gasteiger partial charge in [0.25, 0.3) is 0 Å². The van der Waals surface area contributed by atoms with E-state index in [0.717, 1.165) is 27.9 Å². The lowest BCUT2D eigenvalue weighted by Crippen LogP contribution is -2.31. The molecular formula is C10H16ClN5S2. The number of nitrogens with one attached hydrogen (secondary N) is 1. The number of amidine groups is 2. The van der Waals surface area contributed by atoms with Gasteiger partial charge in [-0.05, 0) is 24.9 Å². The number of aliphatic imine (C=N–C) groups is 1. The van der Waals surface area contributed by atoms with Gasteiger partial charge >= 0.3 is 0 Å². The van der Waals surface area contributed by atoms with Gasteiger partial charge in [0, 0.05) is 25.7 Å². The van der Waals surface area contributed by atoms with Gasteiger partial charge in [0.1, 0.15) is 10.7 Å². The van der Waals surface area contributed by atoms with Crippen LogP contribution in [0.1, 0.15) is 17.0 Å². The van der Waals surface area contributed by atoms with E-state index in [-0.39, 0.29) is 0 Å². The third kappa shape index (κ3) is 3.93. The Kier molecular flexibility index (Phi) is 6.59. The molecule has 0 spiro atoms. The van der Waals surface area contributed by atoms with Gasteiger partial charge in [0.15, 0.2) is 5.17 Å². The van der Waals surface area contributed by atoms with Crippen LogP contribution in [0.3, 0.4) is 0 Å². The predicted octanol–water partition coefficient (Wildman–Crippen LogP) is 2.45. The molecule has 0 unspecified atom stereocenters. The maximum Gasteiger partial charge on any atom is 0.164 e. The molecule has 0 aliphatic rings. The number of nitrogens with zero attached hydrogens (tertiary/aromatic N) is 4. The van der Waals surface area contributed by atoms with Gasteiger partial charge in [0.2, 0.25) is 0 Å². The smallest absolute Gasteiger partial charge is 0.164 e. The van der Waals surface area contributed by atoms with Crippen molar-refractivity contribution in [3.05, 3.63) is 10.6 Å². The van der Waals surface area contributed by atoms with E-state index in [1.54, 1.807) is 23.7 Å². The Morgan fingerprint density at radius 3 is 2.83 bits per heavy atom. The number of hydrogen-bond acceptors (Lipinski definition) is 6. The van der Waals surface area contributed by atoms with Crippen LogP contribution in [-0.4, -0.2) is 51.2 Å². The second-order valence-corrected chi connectivity index (χ2v) is 5.69. The van der Waals surface area contributed by atoms with Crippen LogP contribution in [0.5, 0.6) is 0 Å². The highest BCUT2D eigenvalue weighted by molar-refractivity contribution is 8.13. The fraction of sp³-hybridized carbons (Fsp3) is 0.600. The summed E-state index contributed by atoms with van der Waals surface area (Å²) in [7, 11) is 3.56. The fourth-order valence-electron chi connectivity index (χ4n) is 1.23. The van der Waals surface area contributed by atoms with Gasteiger partial charge in [-0.25, -0.2) is 0 Å². The van der Waals surface area contributed by atoms with Gasteiger partial charge < -0.3 is 4.90 Å². The highest BCUT2D eigenvalue weighted by atomic mass is 35.5. The van der Waals surface area contributed by atoms with Crippen LogP contribution < -0.4 is 0 Å². The standard InChI is InChI=1S/C10H16ClN5S2/c1-7-8(18-15-14-7)9(12)16(3)10(13-2)17-6-4-5-11/h12H,4-6H2,1-3H3. The largest absolute Gasteiger partial charge is 0.308 e. The van der Waals surface area contributed by atoms with Crippen molar-refractivity contribution in [3.8, 4) is 0 Å². The number of thioether (sulfide) groups is 1. The van der Waals surface area contributed by atoms with E-state index in [2.05, 4.69) is 14.6 Å². The molecule has 0 bridgehead atoms. The minimum Gasteiger partial charge on any atom is -0.308 e. The van der Waals surface area contributed by atoms with E-state index < -0.39 is 0 Å². The molecule has 18 heavy (non-hydrogen) atoms. The molecule has 8 heteroatoms. The first-order chi connectivity index (χ1) is 8.61. The topological polar surface area (TPSA) is 65.2 Å². The maximum atomic E-state index is 8.14. The van der Waals surface area contributed by atoms with Crippen LogP contribution in [0.25, 0.3) is 0 Å². The van der Waals surface area contributed by atoms with Gasteiger partial charge in [-0.15, -0.1) is 16.7 Å². The lowest BCUT2D eigenvalue weighted by molar-refractivity contribution is 0.761. The second-order valence-electron chi connectivity index (χ2n) is 3.49. The first kappa shape index (κ1) is 15.4. The summed E-state index contributed by atoms with van der Waals surface area (Å²) < 4.78 is 3.85. The summed E-state index contributed by atoms with van der Waals surface area (Å²) in [6.07, 6.45) is 0.924. The maximum absolute atomic E-state index is 8.14. The van der Waals surface area contributed by atoms with E-state index in [1.807, 2.05) is 14.0 Å². The Morgan fingerprint density at radius 2 is 2.33 bits per heavy atom. The first-order valence-corrected chi connectivity index (χ1v) is 7.68. The quantitative estimate of drug-likeness (QED) is 0.402. The highest BCUT2D eigenvalue weighted by Gasteiger charge is 2.17. The molecule has 0 aliphatic carbocycles. The van der Waals surface area contributed by atoms with Crippen molar-refractivity contribution < 1.29 is 0 Å². The Labute approximate surface area is 120 Å². The van der Waals surface area contributed by atoms with Crippen molar-refractivity contribution in [1.82, 2.24) is 14.5 Å². The van der Waals surface area contributed by atoms with E-state index in [9.17, 15) is 0 Å². The van der Waals surface area contributed by atoms with Gasteiger partial charge in [-0.2, -0.15) is 0 Å². The molecule has 1 N–H and O–H groups in total. The SMILES string of the molecule is CN=C(SCCCCl)N(C)C(=N)c1snnc1C. The number of rotatable bonds is 4. The van der Waals surface area contributed by atoms with E-state index in [4.69, 9.17) is 17.0 Å². The molecule has 1 heterocycles. The molecule has 0 radical (unpaired) electrons. The molecule has 0 fully saturated rings. The molecule has 0 atom stereocenters. The molecule has 0 saturated carbocycles. The van der Waals surface area contributed by atoms with Crippen molar-refractivity contribution in [2.75, 3.05) is 25.7 Å². The zero-order chi connectivity index (χ0) is 13.5.